The van der Waals surface area contributed by atoms with Gasteiger partial charge in [-0.3, -0.25) is 10.1 Å². The van der Waals surface area contributed by atoms with Crippen LogP contribution in [0, 0.1) is 10.1 Å². The first-order chi connectivity index (χ1) is 10.6. The number of amides is 1. The van der Waals surface area contributed by atoms with Gasteiger partial charge in [0, 0.05) is 12.6 Å². The van der Waals surface area contributed by atoms with Crippen LogP contribution in [0.2, 0.25) is 0 Å². The van der Waals surface area contributed by atoms with Crippen molar-refractivity contribution in [3.8, 4) is 0 Å². The van der Waals surface area contributed by atoms with Crippen LogP contribution in [0.15, 0.2) is 48.5 Å². The molecule has 0 aliphatic carbocycles. The van der Waals surface area contributed by atoms with E-state index in [0.29, 0.717) is 12.2 Å². The third-order valence-electron chi connectivity index (χ3n) is 2.99. The lowest BCUT2D eigenvalue weighted by atomic mass is 10.1. The number of nitro groups is 1. The largest absolute Gasteiger partial charge is 0.445 e. The molecule has 2 rings (SSSR count). The van der Waals surface area contributed by atoms with E-state index in [1.807, 2.05) is 12.1 Å². The first-order valence-electron chi connectivity index (χ1n) is 6.53. The van der Waals surface area contributed by atoms with Gasteiger partial charge < -0.3 is 15.8 Å². The predicted molar refractivity (Wildman–Crippen MR) is 81.2 cm³/mol. The second-order valence-electron chi connectivity index (χ2n) is 4.55. The van der Waals surface area contributed by atoms with Gasteiger partial charge in [-0.25, -0.2) is 4.79 Å². The fraction of sp³-hybridized carbons (Fsp3) is 0.133. The molecule has 0 aliphatic rings. The summed E-state index contributed by atoms with van der Waals surface area (Å²) in [6.45, 7) is 0.564. The van der Waals surface area contributed by atoms with Crippen molar-refractivity contribution in [3.05, 3.63) is 69.8 Å². The van der Waals surface area contributed by atoms with Gasteiger partial charge in [0.05, 0.1) is 4.92 Å². The van der Waals surface area contributed by atoms with E-state index in [2.05, 4.69) is 10.1 Å². The Bertz CT molecular complexity index is 671. The van der Waals surface area contributed by atoms with Gasteiger partial charge in [0.2, 0.25) is 0 Å². The van der Waals surface area contributed by atoms with Crippen molar-refractivity contribution in [2.24, 2.45) is 5.73 Å². The monoisotopic (exact) mass is 301 g/mol. The average Bonchev–Trinajstić information content (AvgIpc) is 2.52. The molecule has 2 aromatic carbocycles. The Kier molecular flexibility index (Phi) is 4.92. The van der Waals surface area contributed by atoms with Gasteiger partial charge in [0.15, 0.2) is 0 Å². The molecule has 7 heteroatoms. The number of nitrogens with one attached hydrogen (secondary N) is 1. The van der Waals surface area contributed by atoms with E-state index < -0.39 is 11.0 Å². The van der Waals surface area contributed by atoms with E-state index in [-0.39, 0.29) is 12.3 Å². The molecule has 7 nitrogen and oxygen atoms in total. The van der Waals surface area contributed by atoms with Crippen molar-refractivity contribution >= 4 is 17.5 Å². The standard InChI is InChI=1S/C15H15N3O4/c16-15(19)22-10-12-7-5-11(6-8-12)9-17-13-3-1-2-4-14(13)18(20)21/h1-8,17H,9-10H2,(H2,16,19). The molecule has 0 unspecified atom stereocenters. The Morgan fingerprint density at radius 3 is 2.41 bits per heavy atom. The maximum Gasteiger partial charge on any atom is 0.404 e. The third-order valence-corrected chi connectivity index (χ3v) is 2.99. The number of ether oxygens (including phenoxy) is 1. The molecule has 3 N–H and O–H groups in total. The van der Waals surface area contributed by atoms with E-state index in [4.69, 9.17) is 5.73 Å². The van der Waals surface area contributed by atoms with Crippen molar-refractivity contribution < 1.29 is 14.5 Å². The van der Waals surface area contributed by atoms with Crippen LogP contribution in [-0.2, 0) is 17.9 Å². The Labute approximate surface area is 126 Å². The second kappa shape index (κ2) is 7.07. The average molecular weight is 301 g/mol. The van der Waals surface area contributed by atoms with Crippen LogP contribution in [0.1, 0.15) is 11.1 Å². The number of carbonyl (C=O) groups is 1. The van der Waals surface area contributed by atoms with Crippen molar-refractivity contribution in [3.63, 3.8) is 0 Å². The first kappa shape index (κ1) is 15.3. The van der Waals surface area contributed by atoms with Gasteiger partial charge in [0.1, 0.15) is 12.3 Å². The number of rotatable bonds is 6. The minimum Gasteiger partial charge on any atom is -0.445 e. The normalized spacial score (nSPS) is 10.0. The number of para-hydroxylation sites is 2. The predicted octanol–water partition coefficient (Wildman–Crippen LogP) is 2.80. The number of nitro benzene ring substituents is 1. The van der Waals surface area contributed by atoms with E-state index in [1.165, 1.54) is 6.07 Å². The lowest BCUT2D eigenvalue weighted by Crippen LogP contribution is -2.12. The van der Waals surface area contributed by atoms with Gasteiger partial charge >= 0.3 is 6.09 Å². The van der Waals surface area contributed by atoms with Gasteiger partial charge in [-0.2, -0.15) is 0 Å². The topological polar surface area (TPSA) is 107 Å². The zero-order valence-corrected chi connectivity index (χ0v) is 11.7. The van der Waals surface area contributed by atoms with Crippen LogP contribution in [0.25, 0.3) is 0 Å². The fourth-order valence-corrected chi connectivity index (χ4v) is 1.89. The third kappa shape index (κ3) is 4.20. The molecule has 0 spiro atoms. The lowest BCUT2D eigenvalue weighted by molar-refractivity contribution is -0.384. The second-order valence-corrected chi connectivity index (χ2v) is 4.55. The van der Waals surface area contributed by atoms with Crippen LogP contribution in [0.3, 0.4) is 0 Å². The van der Waals surface area contributed by atoms with E-state index >= 15 is 0 Å². The number of hydrogen-bond acceptors (Lipinski definition) is 5. The number of anilines is 1. The molecular weight excluding hydrogens is 286 g/mol. The van der Waals surface area contributed by atoms with Crippen LogP contribution >= 0.6 is 0 Å². The Morgan fingerprint density at radius 1 is 1.14 bits per heavy atom. The molecule has 0 saturated carbocycles. The molecule has 2 aromatic rings. The van der Waals surface area contributed by atoms with E-state index in [0.717, 1.165) is 11.1 Å². The molecule has 22 heavy (non-hydrogen) atoms. The van der Waals surface area contributed by atoms with Crippen molar-refractivity contribution in [2.75, 3.05) is 5.32 Å². The lowest BCUT2D eigenvalue weighted by Gasteiger charge is -2.08. The van der Waals surface area contributed by atoms with Crippen LogP contribution in [0.4, 0.5) is 16.2 Å². The summed E-state index contributed by atoms with van der Waals surface area (Å²) >= 11 is 0. The number of primary amides is 1. The number of nitrogens with zero attached hydrogens (tertiary/aromatic N) is 1. The molecule has 0 bridgehead atoms. The van der Waals surface area contributed by atoms with E-state index in [9.17, 15) is 14.9 Å². The SMILES string of the molecule is NC(=O)OCc1ccc(CNc2ccccc2[N+](=O)[O-])cc1. The summed E-state index contributed by atoms with van der Waals surface area (Å²) < 4.78 is 4.69. The first-order valence-corrected chi connectivity index (χ1v) is 6.53. The summed E-state index contributed by atoms with van der Waals surface area (Å²) in [4.78, 5) is 21.0. The smallest absolute Gasteiger partial charge is 0.404 e. The quantitative estimate of drug-likeness (QED) is 0.630. The molecule has 0 aromatic heterocycles. The number of nitrogens with two attached hydrogens (primary N) is 1. The van der Waals surface area contributed by atoms with Crippen molar-refractivity contribution in [2.45, 2.75) is 13.2 Å². The number of hydrogen-bond donors (Lipinski definition) is 2. The highest BCUT2D eigenvalue weighted by molar-refractivity contribution is 5.64. The minimum absolute atomic E-state index is 0.0361. The molecule has 0 saturated heterocycles. The van der Waals surface area contributed by atoms with Crippen LogP contribution in [-0.4, -0.2) is 11.0 Å². The summed E-state index contributed by atoms with van der Waals surface area (Å²) in [6, 6.07) is 13.8. The van der Waals surface area contributed by atoms with Gasteiger partial charge in [-0.15, -0.1) is 0 Å². The molecule has 0 radical (unpaired) electrons. The fourth-order valence-electron chi connectivity index (χ4n) is 1.89. The molecule has 1 amide bonds. The maximum atomic E-state index is 10.9. The van der Waals surface area contributed by atoms with Crippen LogP contribution < -0.4 is 11.1 Å². The highest BCUT2D eigenvalue weighted by Gasteiger charge is 2.11. The zero-order chi connectivity index (χ0) is 15.9. The van der Waals surface area contributed by atoms with Crippen molar-refractivity contribution in [1.29, 1.82) is 0 Å². The summed E-state index contributed by atoms with van der Waals surface area (Å²) in [5.41, 5.74) is 7.16. The Hall–Kier alpha value is -3.09. The molecule has 0 fully saturated rings. The summed E-state index contributed by atoms with van der Waals surface area (Å²) in [7, 11) is 0. The van der Waals surface area contributed by atoms with Crippen LogP contribution in [0.5, 0.6) is 0 Å². The van der Waals surface area contributed by atoms with E-state index in [1.54, 1.807) is 30.3 Å². The number of benzene rings is 2. The van der Waals surface area contributed by atoms with Gasteiger partial charge in [-0.1, -0.05) is 36.4 Å². The highest BCUT2D eigenvalue weighted by Crippen LogP contribution is 2.23. The number of carbonyl (C=O) groups excluding carboxylic acids is 1. The molecule has 0 heterocycles. The summed E-state index contributed by atoms with van der Waals surface area (Å²) in [6.07, 6.45) is -0.817. The van der Waals surface area contributed by atoms with Gasteiger partial charge in [0.25, 0.3) is 5.69 Å². The highest BCUT2D eigenvalue weighted by atomic mass is 16.6. The maximum absolute atomic E-state index is 10.9. The summed E-state index contributed by atoms with van der Waals surface area (Å²) in [5, 5.41) is 14.0. The Morgan fingerprint density at radius 2 is 1.77 bits per heavy atom. The Balaban J connectivity index is 1.97. The van der Waals surface area contributed by atoms with Gasteiger partial charge in [-0.05, 0) is 17.2 Å². The molecule has 114 valence electrons. The molecule has 0 atom stereocenters. The van der Waals surface area contributed by atoms with Crippen molar-refractivity contribution in [1.82, 2.24) is 0 Å². The molecular formula is C15H15N3O4. The summed E-state index contributed by atoms with van der Waals surface area (Å²) in [5.74, 6) is 0. The molecule has 0 aliphatic heterocycles. The minimum atomic E-state index is -0.817. The zero-order valence-electron chi connectivity index (χ0n) is 11.7.